The smallest absolute Gasteiger partial charge is 0.328 e. The van der Waals surface area contributed by atoms with E-state index in [4.69, 9.17) is 9.47 Å². The standard InChI is InChI=1S/C46H63N3O8/c1-12-32(6)42(57-46(55)39(47(7)8)26-33-17-13-30(4)14-18-33)41(51)28-37(29(2)3)43(52)48(9)38(25-35-21-23-36(50)24-22-35)44(53)49(10)40(45(54)56-11)27-34-19-15-31(5)16-20-34/h13-24,29,32,37-40,42,50H,12,25-28H2,1-11H3/t32-,37-,38-,39-,40-,42-/m0/s1. The van der Waals surface area contributed by atoms with Crippen LogP contribution in [0.4, 0.5) is 0 Å². The molecule has 0 aliphatic heterocycles. The fourth-order valence-electron chi connectivity index (χ4n) is 6.79. The molecule has 310 valence electrons. The number of aromatic hydroxyl groups is 1. The van der Waals surface area contributed by atoms with Crippen molar-refractivity contribution in [2.24, 2.45) is 17.8 Å². The first kappa shape index (κ1) is 46.4. The molecule has 0 heterocycles. The van der Waals surface area contributed by atoms with Crippen molar-refractivity contribution >= 4 is 29.5 Å². The van der Waals surface area contributed by atoms with Gasteiger partial charge in [0.1, 0.15) is 23.9 Å². The molecule has 0 unspecified atom stereocenters. The number of phenols is 1. The van der Waals surface area contributed by atoms with Crippen molar-refractivity contribution in [2.75, 3.05) is 35.3 Å². The van der Waals surface area contributed by atoms with Crippen LogP contribution in [0.1, 0.15) is 68.4 Å². The molecule has 0 aliphatic carbocycles. The number of methoxy groups -OCH3 is 1. The molecule has 11 heteroatoms. The summed E-state index contributed by atoms with van der Waals surface area (Å²) in [5.74, 6) is -3.85. The minimum Gasteiger partial charge on any atom is -0.508 e. The van der Waals surface area contributed by atoms with Crippen LogP contribution in [0.15, 0.2) is 72.8 Å². The Morgan fingerprint density at radius 3 is 1.51 bits per heavy atom. The number of hydrogen-bond donors (Lipinski definition) is 1. The van der Waals surface area contributed by atoms with Gasteiger partial charge in [-0.1, -0.05) is 99.5 Å². The van der Waals surface area contributed by atoms with Gasteiger partial charge in [-0.2, -0.15) is 0 Å². The van der Waals surface area contributed by atoms with E-state index in [-0.39, 0.29) is 42.6 Å². The van der Waals surface area contributed by atoms with Gasteiger partial charge in [-0.15, -0.1) is 0 Å². The van der Waals surface area contributed by atoms with Crippen LogP contribution in [0.3, 0.4) is 0 Å². The van der Waals surface area contributed by atoms with Gasteiger partial charge in [-0.05, 0) is 75.5 Å². The third kappa shape index (κ3) is 13.0. The number of rotatable bonds is 20. The third-order valence-corrected chi connectivity index (χ3v) is 11.0. The fraction of sp³-hybridized carbons (Fsp3) is 0.500. The second kappa shape index (κ2) is 21.5. The van der Waals surface area contributed by atoms with Gasteiger partial charge in [0.2, 0.25) is 11.8 Å². The van der Waals surface area contributed by atoms with E-state index in [9.17, 15) is 29.1 Å². The number of ether oxygens (including phenoxy) is 2. The fourth-order valence-corrected chi connectivity index (χ4v) is 6.79. The zero-order valence-corrected chi connectivity index (χ0v) is 35.7. The molecule has 0 saturated heterocycles. The van der Waals surface area contributed by atoms with Gasteiger partial charge in [0, 0.05) is 45.2 Å². The van der Waals surface area contributed by atoms with Gasteiger partial charge >= 0.3 is 11.9 Å². The number of carbonyl (C=O) groups excluding carboxylic acids is 5. The van der Waals surface area contributed by atoms with Crippen molar-refractivity contribution in [3.05, 3.63) is 101 Å². The van der Waals surface area contributed by atoms with Crippen molar-refractivity contribution in [3.8, 4) is 5.75 Å². The highest BCUT2D eigenvalue weighted by Gasteiger charge is 2.40. The number of Topliss-reactive ketones (excluding diaryl/α,β-unsaturated/α-hetero) is 1. The Morgan fingerprint density at radius 2 is 1.07 bits per heavy atom. The van der Waals surface area contributed by atoms with Crippen LogP contribution in [-0.2, 0) is 52.7 Å². The lowest BCUT2D eigenvalue weighted by molar-refractivity contribution is -0.163. The Kier molecular flexibility index (Phi) is 17.5. The highest BCUT2D eigenvalue weighted by atomic mass is 16.5. The molecular formula is C46H63N3O8. The van der Waals surface area contributed by atoms with Gasteiger partial charge in [0.05, 0.1) is 7.11 Å². The summed E-state index contributed by atoms with van der Waals surface area (Å²) in [6, 6.07) is 19.2. The molecule has 11 nitrogen and oxygen atoms in total. The van der Waals surface area contributed by atoms with Crippen LogP contribution < -0.4 is 0 Å². The number of hydrogen-bond acceptors (Lipinski definition) is 9. The second-order valence-electron chi connectivity index (χ2n) is 15.9. The number of benzene rings is 3. The van der Waals surface area contributed by atoms with Gasteiger partial charge in [0.25, 0.3) is 0 Å². The van der Waals surface area contributed by atoms with E-state index in [0.717, 1.165) is 22.3 Å². The monoisotopic (exact) mass is 785 g/mol. The molecule has 0 fully saturated rings. The summed E-state index contributed by atoms with van der Waals surface area (Å²) in [5, 5.41) is 9.95. The molecule has 1 N–H and O–H groups in total. The number of esters is 2. The predicted molar refractivity (Wildman–Crippen MR) is 221 cm³/mol. The van der Waals surface area contributed by atoms with Gasteiger partial charge in [-0.3, -0.25) is 24.1 Å². The lowest BCUT2D eigenvalue weighted by Crippen LogP contribution is -2.55. The summed E-state index contributed by atoms with van der Waals surface area (Å²) in [7, 11) is 7.92. The predicted octanol–water partition coefficient (Wildman–Crippen LogP) is 5.98. The average molecular weight is 786 g/mol. The van der Waals surface area contributed by atoms with E-state index in [2.05, 4.69) is 0 Å². The number of nitrogens with zero attached hydrogens (tertiary/aromatic N) is 3. The Hall–Kier alpha value is -5.03. The SMILES string of the molecule is CC[C@H](C)[C@H](OC(=O)[C@H](Cc1ccc(C)cc1)N(C)C)C(=O)C[C@H](C(=O)N(C)[C@@H](Cc1ccc(O)cc1)C(=O)N(C)[C@@H](Cc1ccc(C)cc1)C(=O)OC)C(C)C. The van der Waals surface area contributed by atoms with E-state index in [1.54, 1.807) is 31.1 Å². The summed E-state index contributed by atoms with van der Waals surface area (Å²) in [6.07, 6.45) is -0.0562. The van der Waals surface area contributed by atoms with Crippen molar-refractivity contribution in [3.63, 3.8) is 0 Å². The Labute approximate surface area is 339 Å². The van der Waals surface area contributed by atoms with Crippen molar-refractivity contribution in [2.45, 2.75) is 97.9 Å². The molecule has 0 bridgehead atoms. The molecule has 2 amide bonds. The van der Waals surface area contributed by atoms with Crippen molar-refractivity contribution in [1.29, 1.82) is 0 Å². The molecular weight excluding hydrogens is 723 g/mol. The maximum atomic E-state index is 14.6. The number of likely N-dealkylation sites (N-methyl/N-ethyl adjacent to an activating group) is 3. The van der Waals surface area contributed by atoms with Gasteiger partial charge in [0.15, 0.2) is 11.9 Å². The third-order valence-electron chi connectivity index (χ3n) is 11.0. The molecule has 3 aromatic carbocycles. The second-order valence-corrected chi connectivity index (χ2v) is 15.9. The Bertz CT molecular complexity index is 1790. The van der Waals surface area contributed by atoms with Gasteiger partial charge in [-0.25, -0.2) is 4.79 Å². The molecule has 0 radical (unpaired) electrons. The largest absolute Gasteiger partial charge is 0.508 e. The maximum absolute atomic E-state index is 14.6. The normalized spacial score (nSPS) is 14.5. The molecule has 3 rings (SSSR count). The first-order chi connectivity index (χ1) is 26.9. The van der Waals surface area contributed by atoms with Gasteiger partial charge < -0.3 is 24.4 Å². The zero-order chi connectivity index (χ0) is 42.6. The minimum atomic E-state index is -1.08. The number of phenolic OH excluding ortho intramolecular Hbond substituents is 1. The summed E-state index contributed by atoms with van der Waals surface area (Å²) in [5.41, 5.74) is 4.63. The average Bonchev–Trinajstić information content (AvgIpc) is 3.19. The zero-order valence-electron chi connectivity index (χ0n) is 35.7. The van der Waals surface area contributed by atoms with E-state index < -0.39 is 53.9 Å². The number of aryl methyl sites for hydroxylation is 2. The maximum Gasteiger partial charge on any atom is 0.328 e. The molecule has 0 spiro atoms. The lowest BCUT2D eigenvalue weighted by atomic mass is 9.85. The number of carbonyl (C=O) groups is 5. The van der Waals surface area contributed by atoms with Crippen LogP contribution in [0.5, 0.6) is 5.75 Å². The highest BCUT2D eigenvalue weighted by Crippen LogP contribution is 2.26. The van der Waals surface area contributed by atoms with Crippen LogP contribution in [0.25, 0.3) is 0 Å². The summed E-state index contributed by atoms with van der Waals surface area (Å²) >= 11 is 0. The van der Waals surface area contributed by atoms with E-state index in [1.165, 1.54) is 43.1 Å². The first-order valence-electron chi connectivity index (χ1n) is 19.8. The van der Waals surface area contributed by atoms with E-state index in [0.29, 0.717) is 18.4 Å². The van der Waals surface area contributed by atoms with Crippen LogP contribution in [-0.4, -0.2) is 109 Å². The molecule has 3 aromatic rings. The molecule has 0 saturated carbocycles. The summed E-state index contributed by atoms with van der Waals surface area (Å²) in [6.45, 7) is 11.4. The first-order valence-corrected chi connectivity index (χ1v) is 19.8. The number of amides is 2. The Balaban J connectivity index is 1.93. The molecule has 0 aromatic heterocycles. The summed E-state index contributed by atoms with van der Waals surface area (Å²) in [4.78, 5) is 74.7. The quantitative estimate of drug-likeness (QED) is 0.137. The minimum absolute atomic E-state index is 0.0500. The number of ketones is 1. The van der Waals surface area contributed by atoms with Crippen molar-refractivity contribution in [1.82, 2.24) is 14.7 Å². The topological polar surface area (TPSA) is 134 Å². The van der Waals surface area contributed by atoms with Crippen LogP contribution in [0.2, 0.25) is 0 Å². The molecule has 0 aliphatic rings. The van der Waals surface area contributed by atoms with Crippen LogP contribution in [0, 0.1) is 31.6 Å². The highest BCUT2D eigenvalue weighted by molar-refractivity contribution is 5.94. The lowest BCUT2D eigenvalue weighted by Gasteiger charge is -2.36. The van der Waals surface area contributed by atoms with Crippen LogP contribution >= 0.6 is 0 Å². The molecule has 57 heavy (non-hydrogen) atoms. The summed E-state index contributed by atoms with van der Waals surface area (Å²) < 4.78 is 11.2. The van der Waals surface area contributed by atoms with E-state index >= 15 is 0 Å². The Morgan fingerprint density at radius 1 is 0.632 bits per heavy atom. The van der Waals surface area contributed by atoms with E-state index in [1.807, 2.05) is 90.1 Å². The molecule has 6 atom stereocenters. The van der Waals surface area contributed by atoms with Crippen molar-refractivity contribution < 1.29 is 38.6 Å².